The fourth-order valence-electron chi connectivity index (χ4n) is 4.22. The van der Waals surface area contributed by atoms with Crippen LogP contribution in [0.4, 0.5) is 5.00 Å². The smallest absolute Gasteiger partial charge is 0.341 e. The van der Waals surface area contributed by atoms with Crippen LogP contribution in [0.25, 0.3) is 6.08 Å². The maximum Gasteiger partial charge on any atom is 0.341 e. The van der Waals surface area contributed by atoms with E-state index in [9.17, 15) is 9.59 Å². The second kappa shape index (κ2) is 11.1. The van der Waals surface area contributed by atoms with Gasteiger partial charge in [-0.05, 0) is 73.8 Å². The fraction of sp³-hybridized carbons (Fsp3) is 0.481. The highest BCUT2D eigenvalue weighted by atomic mass is 32.1. The topological polar surface area (TPSA) is 73.9 Å². The van der Waals surface area contributed by atoms with Gasteiger partial charge in [-0.2, -0.15) is 0 Å². The molecule has 1 heterocycles. The second-order valence-electron chi connectivity index (χ2n) is 9.40. The van der Waals surface area contributed by atoms with E-state index in [1.54, 1.807) is 20.1 Å². The Balaban J connectivity index is 1.82. The Morgan fingerprint density at radius 2 is 1.94 bits per heavy atom. The van der Waals surface area contributed by atoms with Crippen molar-refractivity contribution >= 4 is 34.3 Å². The number of amides is 1. The van der Waals surface area contributed by atoms with Gasteiger partial charge in [0.25, 0.3) is 0 Å². The molecule has 1 unspecified atom stereocenters. The van der Waals surface area contributed by atoms with Gasteiger partial charge in [0.15, 0.2) is 11.5 Å². The lowest BCUT2D eigenvalue weighted by atomic mass is 9.72. The van der Waals surface area contributed by atoms with Crippen molar-refractivity contribution in [2.75, 3.05) is 25.6 Å². The molecule has 1 aromatic heterocycles. The molecule has 0 saturated heterocycles. The van der Waals surface area contributed by atoms with Crippen molar-refractivity contribution in [2.45, 2.75) is 53.9 Å². The average molecular weight is 486 g/mol. The van der Waals surface area contributed by atoms with Crippen LogP contribution >= 0.6 is 11.3 Å². The van der Waals surface area contributed by atoms with Crippen molar-refractivity contribution in [3.8, 4) is 11.5 Å². The predicted octanol–water partition coefficient (Wildman–Crippen LogP) is 6.14. The first-order valence-electron chi connectivity index (χ1n) is 11.8. The summed E-state index contributed by atoms with van der Waals surface area (Å²) in [6, 6.07) is 5.49. The molecule has 0 spiro atoms. The van der Waals surface area contributed by atoms with Crippen LogP contribution in [0.15, 0.2) is 24.3 Å². The van der Waals surface area contributed by atoms with Crippen molar-refractivity contribution in [3.05, 3.63) is 45.8 Å². The lowest BCUT2D eigenvalue weighted by molar-refractivity contribution is -0.111. The van der Waals surface area contributed by atoms with Crippen LogP contribution < -0.4 is 14.8 Å². The third-order valence-corrected chi connectivity index (χ3v) is 7.29. The van der Waals surface area contributed by atoms with Crippen molar-refractivity contribution in [3.63, 3.8) is 0 Å². The third-order valence-electron chi connectivity index (χ3n) is 6.12. The highest BCUT2D eigenvalue weighted by Gasteiger charge is 2.34. The molecule has 1 N–H and O–H groups in total. The summed E-state index contributed by atoms with van der Waals surface area (Å²) >= 11 is 1.50. The van der Waals surface area contributed by atoms with Crippen LogP contribution in [-0.4, -0.2) is 32.2 Å². The fourth-order valence-corrected chi connectivity index (χ4v) is 5.54. The monoisotopic (exact) mass is 485 g/mol. The normalized spacial score (nSPS) is 15.6. The van der Waals surface area contributed by atoms with Gasteiger partial charge >= 0.3 is 5.97 Å². The summed E-state index contributed by atoms with van der Waals surface area (Å²) < 4.78 is 16.2. The molecule has 0 fully saturated rings. The molecule has 1 aliphatic carbocycles. The number of ether oxygens (including phenoxy) is 3. The number of methoxy groups -OCH3 is 1. The van der Waals surface area contributed by atoms with Crippen molar-refractivity contribution < 1.29 is 23.8 Å². The molecule has 6 nitrogen and oxygen atoms in total. The van der Waals surface area contributed by atoms with Crippen molar-refractivity contribution in [2.24, 2.45) is 11.3 Å². The van der Waals surface area contributed by atoms with Gasteiger partial charge in [-0.3, -0.25) is 4.79 Å². The average Bonchev–Trinajstić information content (AvgIpc) is 3.15. The van der Waals surface area contributed by atoms with E-state index in [1.165, 1.54) is 22.3 Å². The summed E-state index contributed by atoms with van der Waals surface area (Å²) in [6.07, 6.45) is 5.92. The van der Waals surface area contributed by atoms with Crippen LogP contribution in [0.1, 0.15) is 67.4 Å². The molecule has 0 aliphatic heterocycles. The quantitative estimate of drug-likeness (QED) is 0.359. The number of carbonyl (C=O) groups is 2. The first-order chi connectivity index (χ1) is 16.2. The Hall–Kier alpha value is -2.80. The molecule has 0 bridgehead atoms. The summed E-state index contributed by atoms with van der Waals surface area (Å²) in [6.45, 7) is 11.3. The molecule has 1 amide bonds. The van der Waals surface area contributed by atoms with Crippen LogP contribution in [0.3, 0.4) is 0 Å². The number of hydrogen-bond acceptors (Lipinski definition) is 6. The van der Waals surface area contributed by atoms with Gasteiger partial charge in [0, 0.05) is 11.0 Å². The summed E-state index contributed by atoms with van der Waals surface area (Å²) in [5, 5.41) is 3.49. The van der Waals surface area contributed by atoms with Gasteiger partial charge < -0.3 is 19.5 Å². The van der Waals surface area contributed by atoms with E-state index in [2.05, 4.69) is 26.1 Å². The molecule has 1 aromatic carbocycles. The number of carbonyl (C=O) groups excluding carboxylic acids is 2. The minimum Gasteiger partial charge on any atom is -0.493 e. The Bertz CT molecular complexity index is 1060. The number of hydrogen-bond donors (Lipinski definition) is 1. The number of thiophene rings is 1. The molecule has 0 saturated carbocycles. The van der Waals surface area contributed by atoms with Gasteiger partial charge in [0.05, 0.1) is 25.9 Å². The zero-order valence-corrected chi connectivity index (χ0v) is 21.8. The Morgan fingerprint density at radius 3 is 2.59 bits per heavy atom. The Morgan fingerprint density at radius 1 is 1.18 bits per heavy atom. The molecule has 0 radical (unpaired) electrons. The first kappa shape index (κ1) is 25.8. The molecule has 184 valence electrons. The Kier molecular flexibility index (Phi) is 8.42. The van der Waals surface area contributed by atoms with E-state index < -0.39 is 0 Å². The molecule has 7 heteroatoms. The standard InChI is InChI=1S/C27H35NO5S/c1-7-32-20-13-9-17(15-21(20)31-6)10-14-23(29)28-25-24(26(30)33-8-2)19-12-11-18(27(3,4)5)16-22(19)34-25/h9-10,13-15,18H,7-8,11-12,16H2,1-6H3,(H,28,29)/b14-10+. The predicted molar refractivity (Wildman–Crippen MR) is 137 cm³/mol. The van der Waals surface area contributed by atoms with Crippen molar-refractivity contribution in [1.29, 1.82) is 0 Å². The van der Waals surface area contributed by atoms with Crippen LogP contribution in [-0.2, 0) is 22.4 Å². The van der Waals surface area contributed by atoms with Gasteiger partial charge in [0.2, 0.25) is 5.91 Å². The number of rotatable bonds is 8. The first-order valence-corrected chi connectivity index (χ1v) is 12.6. The lowest BCUT2D eigenvalue weighted by Gasteiger charge is -2.33. The van der Waals surface area contributed by atoms with E-state index in [1.807, 2.05) is 25.1 Å². The second-order valence-corrected chi connectivity index (χ2v) is 10.5. The van der Waals surface area contributed by atoms with Gasteiger partial charge in [-0.1, -0.05) is 26.8 Å². The lowest BCUT2D eigenvalue weighted by Crippen LogP contribution is -2.26. The molecular formula is C27H35NO5S. The van der Waals surface area contributed by atoms with E-state index in [0.29, 0.717) is 41.2 Å². The van der Waals surface area contributed by atoms with E-state index in [-0.39, 0.29) is 17.3 Å². The highest BCUT2D eigenvalue weighted by molar-refractivity contribution is 7.17. The molecule has 34 heavy (non-hydrogen) atoms. The van der Waals surface area contributed by atoms with Crippen LogP contribution in [0.5, 0.6) is 11.5 Å². The zero-order chi connectivity index (χ0) is 24.9. The SMILES string of the molecule is CCOC(=O)c1c(NC(=O)/C=C/c2ccc(OCC)c(OC)c2)sc2c1CCC(C(C)(C)C)C2. The number of nitrogens with one attached hydrogen (secondary N) is 1. The van der Waals surface area contributed by atoms with Gasteiger partial charge in [-0.25, -0.2) is 4.79 Å². The summed E-state index contributed by atoms with van der Waals surface area (Å²) in [5.41, 5.74) is 2.54. The van der Waals surface area contributed by atoms with E-state index in [4.69, 9.17) is 14.2 Å². The molecule has 2 aromatic rings. The number of esters is 1. The van der Waals surface area contributed by atoms with Gasteiger partial charge in [0.1, 0.15) is 5.00 Å². The highest BCUT2D eigenvalue weighted by Crippen LogP contribution is 2.44. The number of fused-ring (bicyclic) bond motifs is 1. The maximum atomic E-state index is 12.8. The largest absolute Gasteiger partial charge is 0.493 e. The Labute approximate surface area is 206 Å². The van der Waals surface area contributed by atoms with Crippen LogP contribution in [0.2, 0.25) is 0 Å². The molecule has 1 atom stereocenters. The zero-order valence-electron chi connectivity index (χ0n) is 20.9. The molecular weight excluding hydrogens is 450 g/mol. The number of anilines is 1. The van der Waals surface area contributed by atoms with Crippen molar-refractivity contribution in [1.82, 2.24) is 0 Å². The minimum absolute atomic E-state index is 0.191. The molecule has 3 rings (SSSR count). The van der Waals surface area contributed by atoms with E-state index >= 15 is 0 Å². The summed E-state index contributed by atoms with van der Waals surface area (Å²) in [7, 11) is 1.58. The molecule has 1 aliphatic rings. The maximum absolute atomic E-state index is 12.8. The van der Waals surface area contributed by atoms with E-state index in [0.717, 1.165) is 30.4 Å². The summed E-state index contributed by atoms with van der Waals surface area (Å²) in [4.78, 5) is 26.7. The minimum atomic E-state index is -0.371. The summed E-state index contributed by atoms with van der Waals surface area (Å²) in [5.74, 6) is 1.12. The number of benzene rings is 1. The van der Waals surface area contributed by atoms with Crippen LogP contribution in [0, 0.1) is 11.3 Å². The van der Waals surface area contributed by atoms with Gasteiger partial charge in [-0.15, -0.1) is 11.3 Å². The third kappa shape index (κ3) is 6.00.